The predicted molar refractivity (Wildman–Crippen MR) is 98.5 cm³/mol. The van der Waals surface area contributed by atoms with Crippen molar-refractivity contribution in [1.82, 2.24) is 15.3 Å². The summed E-state index contributed by atoms with van der Waals surface area (Å²) in [5, 5.41) is 6.32. The first-order valence-electron chi connectivity index (χ1n) is 8.29. The number of nitrogens with zero attached hydrogens (tertiary/aromatic N) is 2. The summed E-state index contributed by atoms with van der Waals surface area (Å²) in [5.41, 5.74) is 1.32. The van der Waals surface area contributed by atoms with Gasteiger partial charge in [-0.3, -0.25) is 4.79 Å². The van der Waals surface area contributed by atoms with Crippen LogP contribution in [0.15, 0.2) is 34.8 Å². The molecule has 1 heterocycles. The van der Waals surface area contributed by atoms with E-state index in [2.05, 4.69) is 36.5 Å². The largest absolute Gasteiger partial charge is 0.348 e. The molecule has 0 atom stereocenters. The molecule has 0 spiro atoms. The molecule has 1 aliphatic carbocycles. The van der Waals surface area contributed by atoms with Crippen LogP contribution < -0.4 is 10.6 Å². The van der Waals surface area contributed by atoms with Gasteiger partial charge < -0.3 is 10.6 Å². The molecule has 1 fully saturated rings. The third-order valence-electron chi connectivity index (χ3n) is 4.13. The van der Waals surface area contributed by atoms with Crippen molar-refractivity contribution in [1.29, 1.82) is 0 Å². The first-order valence-corrected chi connectivity index (χ1v) is 9.08. The maximum Gasteiger partial charge on any atom is 0.270 e. The second-order valence-electron chi connectivity index (χ2n) is 6.13. The second kappa shape index (κ2) is 7.75. The van der Waals surface area contributed by atoms with Crippen LogP contribution in [-0.2, 0) is 0 Å². The normalized spacial score (nSPS) is 15.1. The van der Waals surface area contributed by atoms with Crippen LogP contribution in [0.5, 0.6) is 0 Å². The van der Waals surface area contributed by atoms with E-state index in [1.807, 2.05) is 24.3 Å². The van der Waals surface area contributed by atoms with Crippen LogP contribution in [0, 0.1) is 6.92 Å². The van der Waals surface area contributed by atoms with Crippen molar-refractivity contribution in [3.8, 4) is 0 Å². The monoisotopic (exact) mass is 388 g/mol. The molecule has 2 N–H and O–H groups in total. The molecule has 5 nitrogen and oxygen atoms in total. The number of rotatable bonds is 4. The molecule has 1 saturated carbocycles. The highest BCUT2D eigenvalue weighted by Gasteiger charge is 2.18. The van der Waals surface area contributed by atoms with E-state index in [4.69, 9.17) is 0 Å². The SMILES string of the molecule is Cc1nc(Nc2ccc(Br)cc2)cc(C(=O)NC2CCCCC2)n1. The van der Waals surface area contributed by atoms with Crippen molar-refractivity contribution < 1.29 is 4.79 Å². The summed E-state index contributed by atoms with van der Waals surface area (Å²) in [7, 11) is 0. The molecular weight excluding hydrogens is 368 g/mol. The number of anilines is 2. The van der Waals surface area contributed by atoms with Crippen LogP contribution in [0.3, 0.4) is 0 Å². The maximum absolute atomic E-state index is 12.5. The van der Waals surface area contributed by atoms with Gasteiger partial charge in [0.05, 0.1) is 0 Å². The number of halogens is 1. The van der Waals surface area contributed by atoms with Crippen molar-refractivity contribution in [3.63, 3.8) is 0 Å². The maximum atomic E-state index is 12.5. The number of aromatic nitrogens is 2. The fraction of sp³-hybridized carbons (Fsp3) is 0.389. The zero-order chi connectivity index (χ0) is 16.9. The summed E-state index contributed by atoms with van der Waals surface area (Å²) in [5.74, 6) is 1.08. The average Bonchev–Trinajstić information content (AvgIpc) is 2.57. The van der Waals surface area contributed by atoms with E-state index in [-0.39, 0.29) is 11.9 Å². The Morgan fingerprint density at radius 3 is 2.54 bits per heavy atom. The van der Waals surface area contributed by atoms with E-state index < -0.39 is 0 Å². The quantitative estimate of drug-likeness (QED) is 0.816. The number of amides is 1. The Hall–Kier alpha value is -1.95. The lowest BCUT2D eigenvalue weighted by Crippen LogP contribution is -2.36. The van der Waals surface area contributed by atoms with Crippen LogP contribution in [0.25, 0.3) is 0 Å². The Labute approximate surface area is 150 Å². The van der Waals surface area contributed by atoms with E-state index >= 15 is 0 Å². The van der Waals surface area contributed by atoms with E-state index in [1.54, 1.807) is 13.0 Å². The molecule has 1 aromatic carbocycles. The van der Waals surface area contributed by atoms with Gasteiger partial charge in [0.1, 0.15) is 17.3 Å². The van der Waals surface area contributed by atoms with Crippen molar-refractivity contribution in [2.24, 2.45) is 0 Å². The van der Waals surface area contributed by atoms with Crippen molar-refractivity contribution >= 4 is 33.3 Å². The van der Waals surface area contributed by atoms with Gasteiger partial charge in [-0.05, 0) is 44.0 Å². The van der Waals surface area contributed by atoms with Gasteiger partial charge in [0.2, 0.25) is 0 Å². The molecule has 24 heavy (non-hydrogen) atoms. The molecule has 3 rings (SSSR count). The summed E-state index contributed by atoms with van der Waals surface area (Å²) < 4.78 is 1.01. The molecule has 126 valence electrons. The Morgan fingerprint density at radius 2 is 1.83 bits per heavy atom. The van der Waals surface area contributed by atoms with Crippen molar-refractivity contribution in [3.05, 3.63) is 46.3 Å². The Morgan fingerprint density at radius 1 is 1.12 bits per heavy atom. The second-order valence-corrected chi connectivity index (χ2v) is 7.04. The molecule has 1 amide bonds. The highest BCUT2D eigenvalue weighted by Crippen LogP contribution is 2.20. The van der Waals surface area contributed by atoms with Gasteiger partial charge in [-0.15, -0.1) is 0 Å². The molecule has 6 heteroatoms. The van der Waals surface area contributed by atoms with Crippen LogP contribution in [0.1, 0.15) is 48.4 Å². The minimum Gasteiger partial charge on any atom is -0.348 e. The molecule has 0 bridgehead atoms. The van der Waals surface area contributed by atoms with Crippen LogP contribution in [-0.4, -0.2) is 21.9 Å². The Bertz CT molecular complexity index is 711. The van der Waals surface area contributed by atoms with Crippen LogP contribution >= 0.6 is 15.9 Å². The molecule has 0 saturated heterocycles. The number of carbonyl (C=O) groups excluding carboxylic acids is 1. The summed E-state index contributed by atoms with van der Waals surface area (Å²) in [6.07, 6.45) is 5.74. The fourth-order valence-electron chi connectivity index (χ4n) is 2.94. The predicted octanol–water partition coefficient (Wildman–Crippen LogP) is 4.35. The lowest BCUT2D eigenvalue weighted by atomic mass is 9.95. The number of hydrogen-bond donors (Lipinski definition) is 2. The Kier molecular flexibility index (Phi) is 5.45. The first-order chi connectivity index (χ1) is 11.6. The van der Waals surface area contributed by atoms with E-state index in [0.29, 0.717) is 17.3 Å². The lowest BCUT2D eigenvalue weighted by molar-refractivity contribution is 0.0922. The third kappa shape index (κ3) is 4.54. The molecule has 1 aliphatic rings. The number of hydrogen-bond acceptors (Lipinski definition) is 4. The third-order valence-corrected chi connectivity index (χ3v) is 4.66. The average molecular weight is 389 g/mol. The van der Waals surface area contributed by atoms with E-state index in [1.165, 1.54) is 19.3 Å². The molecule has 0 unspecified atom stereocenters. The molecular formula is C18H21BrN4O. The Balaban J connectivity index is 1.72. The van der Waals surface area contributed by atoms with Crippen LogP contribution in [0.4, 0.5) is 11.5 Å². The number of nitrogens with one attached hydrogen (secondary N) is 2. The molecule has 1 aromatic heterocycles. The first kappa shape index (κ1) is 16.9. The standard InChI is InChI=1S/C18H21BrN4O/c1-12-20-16(18(24)23-14-5-3-2-4-6-14)11-17(21-12)22-15-9-7-13(19)8-10-15/h7-11,14H,2-6H2,1H3,(H,23,24)(H,20,21,22). The number of aryl methyl sites for hydroxylation is 1. The highest BCUT2D eigenvalue weighted by molar-refractivity contribution is 9.10. The van der Waals surface area contributed by atoms with Gasteiger partial charge in [-0.1, -0.05) is 35.2 Å². The summed E-state index contributed by atoms with van der Waals surface area (Å²) in [6.45, 7) is 1.80. The smallest absolute Gasteiger partial charge is 0.270 e. The number of benzene rings is 1. The van der Waals surface area contributed by atoms with E-state index in [9.17, 15) is 4.79 Å². The molecule has 0 radical (unpaired) electrons. The van der Waals surface area contributed by atoms with Gasteiger partial charge >= 0.3 is 0 Å². The zero-order valence-electron chi connectivity index (χ0n) is 13.7. The summed E-state index contributed by atoms with van der Waals surface area (Å²) in [4.78, 5) is 21.1. The van der Waals surface area contributed by atoms with Gasteiger partial charge in [0, 0.05) is 22.3 Å². The van der Waals surface area contributed by atoms with E-state index in [0.717, 1.165) is 23.0 Å². The summed E-state index contributed by atoms with van der Waals surface area (Å²) >= 11 is 3.41. The summed E-state index contributed by atoms with van der Waals surface area (Å²) in [6, 6.07) is 9.77. The van der Waals surface area contributed by atoms with Crippen molar-refractivity contribution in [2.45, 2.75) is 45.1 Å². The van der Waals surface area contributed by atoms with Gasteiger partial charge in [-0.25, -0.2) is 9.97 Å². The van der Waals surface area contributed by atoms with Gasteiger partial charge in [-0.2, -0.15) is 0 Å². The number of carbonyl (C=O) groups is 1. The van der Waals surface area contributed by atoms with Gasteiger partial charge in [0.25, 0.3) is 5.91 Å². The lowest BCUT2D eigenvalue weighted by Gasteiger charge is -2.22. The highest BCUT2D eigenvalue weighted by atomic mass is 79.9. The fourth-order valence-corrected chi connectivity index (χ4v) is 3.20. The van der Waals surface area contributed by atoms with Crippen molar-refractivity contribution in [2.75, 3.05) is 5.32 Å². The minimum absolute atomic E-state index is 0.119. The zero-order valence-corrected chi connectivity index (χ0v) is 15.3. The van der Waals surface area contributed by atoms with Gasteiger partial charge in [0.15, 0.2) is 0 Å². The molecule has 2 aromatic rings. The topological polar surface area (TPSA) is 66.9 Å². The molecule has 0 aliphatic heterocycles. The van der Waals surface area contributed by atoms with Crippen LogP contribution in [0.2, 0.25) is 0 Å². The minimum atomic E-state index is -0.119.